The van der Waals surface area contributed by atoms with Crippen molar-refractivity contribution in [3.05, 3.63) is 35.9 Å². The van der Waals surface area contributed by atoms with E-state index in [1.54, 1.807) is 0 Å². The van der Waals surface area contributed by atoms with Crippen LogP contribution in [0.25, 0.3) is 0 Å². The lowest BCUT2D eigenvalue weighted by atomic mass is 9.82. The van der Waals surface area contributed by atoms with Gasteiger partial charge in [0.25, 0.3) is 0 Å². The van der Waals surface area contributed by atoms with E-state index in [2.05, 4.69) is 35.6 Å². The Balaban J connectivity index is 1.95. The lowest BCUT2D eigenvalue weighted by Crippen LogP contribution is -2.45. The first-order chi connectivity index (χ1) is 10.6. The zero-order chi connectivity index (χ0) is 16.0. The number of hydrogen-bond donors (Lipinski definition) is 2. The average molecular weight is 303 g/mol. The molecule has 122 valence electrons. The molecule has 0 radical (unpaired) electrons. The van der Waals surface area contributed by atoms with Crippen LogP contribution in [0.2, 0.25) is 0 Å². The predicted octanol–water partition coefficient (Wildman–Crippen LogP) is 3.88. The summed E-state index contributed by atoms with van der Waals surface area (Å²) in [6, 6.07) is 11.1. The van der Waals surface area contributed by atoms with Gasteiger partial charge in [0.2, 0.25) is 0 Å². The van der Waals surface area contributed by atoms with Crippen molar-refractivity contribution in [2.75, 3.05) is 6.54 Å². The summed E-state index contributed by atoms with van der Waals surface area (Å²) in [5.74, 6) is -0.0368. The number of carboxylic acid groups (broad SMARTS) is 1. The van der Waals surface area contributed by atoms with Crippen LogP contribution < -0.4 is 5.32 Å². The summed E-state index contributed by atoms with van der Waals surface area (Å²) in [5.41, 5.74) is 0.775. The molecule has 1 aliphatic carbocycles. The van der Waals surface area contributed by atoms with Crippen molar-refractivity contribution in [1.82, 2.24) is 5.32 Å². The number of aliphatic carboxylic acids is 1. The van der Waals surface area contributed by atoms with Crippen LogP contribution in [0.15, 0.2) is 30.3 Å². The fourth-order valence-electron chi connectivity index (χ4n) is 3.67. The number of carboxylic acids is 1. The van der Waals surface area contributed by atoms with E-state index in [1.165, 1.54) is 24.8 Å². The van der Waals surface area contributed by atoms with Crippen LogP contribution in [0.1, 0.15) is 51.5 Å². The van der Waals surface area contributed by atoms with Crippen molar-refractivity contribution >= 4 is 5.97 Å². The van der Waals surface area contributed by atoms with E-state index in [4.69, 9.17) is 0 Å². The minimum Gasteiger partial charge on any atom is -0.481 e. The highest BCUT2D eigenvalue weighted by Crippen LogP contribution is 2.31. The van der Waals surface area contributed by atoms with Crippen LogP contribution in [0.5, 0.6) is 0 Å². The molecule has 3 heteroatoms. The molecule has 1 aliphatic rings. The Kier molecular flexibility index (Phi) is 6.01. The highest BCUT2D eigenvalue weighted by atomic mass is 16.4. The zero-order valence-electron chi connectivity index (χ0n) is 13.8. The molecule has 0 bridgehead atoms. The molecule has 0 amide bonds. The zero-order valence-corrected chi connectivity index (χ0v) is 13.8. The third-order valence-electron chi connectivity index (χ3n) is 5.51. The standard InChI is InChI=1S/C19H29NO2/c1-3-19(4-2,18(21)22)14-20-17-12-8-11-16(17)13-15-9-6-5-7-10-15/h5-7,9-10,16-17,20H,3-4,8,11-14H2,1-2H3,(H,21,22). The Hall–Kier alpha value is -1.35. The van der Waals surface area contributed by atoms with Crippen molar-refractivity contribution in [2.45, 2.75) is 58.4 Å². The molecule has 2 atom stereocenters. The molecule has 0 heterocycles. The second-order valence-corrected chi connectivity index (χ2v) is 6.66. The van der Waals surface area contributed by atoms with E-state index in [0.717, 1.165) is 6.42 Å². The van der Waals surface area contributed by atoms with Crippen molar-refractivity contribution in [1.29, 1.82) is 0 Å². The molecule has 0 aromatic heterocycles. The van der Waals surface area contributed by atoms with Gasteiger partial charge >= 0.3 is 5.97 Å². The highest BCUT2D eigenvalue weighted by molar-refractivity contribution is 5.74. The Labute approximate surface area is 134 Å². The molecule has 3 nitrogen and oxygen atoms in total. The second-order valence-electron chi connectivity index (χ2n) is 6.66. The fourth-order valence-corrected chi connectivity index (χ4v) is 3.67. The fraction of sp³-hybridized carbons (Fsp3) is 0.632. The Morgan fingerprint density at radius 1 is 1.23 bits per heavy atom. The maximum absolute atomic E-state index is 11.6. The lowest BCUT2D eigenvalue weighted by Gasteiger charge is -2.30. The predicted molar refractivity (Wildman–Crippen MR) is 89.9 cm³/mol. The summed E-state index contributed by atoms with van der Waals surface area (Å²) in [6.07, 6.45) is 6.11. The molecule has 2 N–H and O–H groups in total. The molecule has 0 saturated heterocycles. The topological polar surface area (TPSA) is 49.3 Å². The van der Waals surface area contributed by atoms with Crippen molar-refractivity contribution in [3.8, 4) is 0 Å². The monoisotopic (exact) mass is 303 g/mol. The molecule has 1 saturated carbocycles. The van der Waals surface area contributed by atoms with Gasteiger partial charge in [-0.05, 0) is 43.6 Å². The number of carbonyl (C=O) groups is 1. The quantitative estimate of drug-likeness (QED) is 0.766. The van der Waals surface area contributed by atoms with Crippen LogP contribution in [0, 0.1) is 11.3 Å². The molecule has 1 aromatic rings. The minimum atomic E-state index is -0.664. The summed E-state index contributed by atoms with van der Waals surface area (Å²) in [4.78, 5) is 11.6. The average Bonchev–Trinajstić information content (AvgIpc) is 2.97. The summed E-state index contributed by atoms with van der Waals surface area (Å²) < 4.78 is 0. The largest absolute Gasteiger partial charge is 0.481 e. The molecule has 1 fully saturated rings. The molecule has 2 unspecified atom stereocenters. The summed E-state index contributed by atoms with van der Waals surface area (Å²) in [7, 11) is 0. The van der Waals surface area contributed by atoms with E-state index >= 15 is 0 Å². The summed E-state index contributed by atoms with van der Waals surface area (Å²) >= 11 is 0. The molecule has 1 aromatic carbocycles. The molecular formula is C19H29NO2. The first-order valence-electron chi connectivity index (χ1n) is 8.62. The van der Waals surface area contributed by atoms with Gasteiger partial charge in [0.1, 0.15) is 0 Å². The maximum atomic E-state index is 11.6. The first kappa shape index (κ1) is 17.0. The van der Waals surface area contributed by atoms with Gasteiger partial charge in [-0.1, -0.05) is 50.6 Å². The number of rotatable bonds is 8. The van der Waals surface area contributed by atoms with Gasteiger partial charge in [0.15, 0.2) is 0 Å². The van der Waals surface area contributed by atoms with E-state index < -0.39 is 11.4 Å². The normalized spacial score (nSPS) is 21.9. The lowest BCUT2D eigenvalue weighted by molar-refractivity contribution is -0.149. The molecule has 0 spiro atoms. The van der Waals surface area contributed by atoms with E-state index in [-0.39, 0.29) is 0 Å². The number of hydrogen-bond acceptors (Lipinski definition) is 2. The van der Waals surface area contributed by atoms with Crippen LogP contribution in [-0.2, 0) is 11.2 Å². The van der Waals surface area contributed by atoms with E-state index in [0.29, 0.717) is 31.3 Å². The Bertz CT molecular complexity index is 468. The van der Waals surface area contributed by atoms with Crippen LogP contribution in [0.4, 0.5) is 0 Å². The molecule has 2 rings (SSSR count). The van der Waals surface area contributed by atoms with Crippen molar-refractivity contribution in [3.63, 3.8) is 0 Å². The van der Waals surface area contributed by atoms with Gasteiger partial charge in [-0.25, -0.2) is 0 Å². The molecular weight excluding hydrogens is 274 g/mol. The number of benzene rings is 1. The summed E-state index contributed by atoms with van der Waals surface area (Å²) in [5, 5.41) is 13.2. The van der Waals surface area contributed by atoms with E-state index in [1.807, 2.05) is 13.8 Å². The van der Waals surface area contributed by atoms with E-state index in [9.17, 15) is 9.90 Å². The minimum absolute atomic E-state index is 0.456. The van der Waals surface area contributed by atoms with Crippen LogP contribution in [0.3, 0.4) is 0 Å². The van der Waals surface area contributed by atoms with Crippen LogP contribution >= 0.6 is 0 Å². The van der Waals surface area contributed by atoms with Gasteiger partial charge in [0, 0.05) is 12.6 Å². The highest BCUT2D eigenvalue weighted by Gasteiger charge is 2.36. The number of nitrogens with one attached hydrogen (secondary N) is 1. The Morgan fingerprint density at radius 3 is 2.50 bits per heavy atom. The van der Waals surface area contributed by atoms with Crippen LogP contribution in [-0.4, -0.2) is 23.7 Å². The Morgan fingerprint density at radius 2 is 1.91 bits per heavy atom. The second kappa shape index (κ2) is 7.77. The molecule has 22 heavy (non-hydrogen) atoms. The summed E-state index contributed by atoms with van der Waals surface area (Å²) in [6.45, 7) is 4.55. The van der Waals surface area contributed by atoms with Gasteiger partial charge in [-0.2, -0.15) is 0 Å². The SMILES string of the molecule is CCC(CC)(CNC1CCCC1Cc1ccccc1)C(=O)O. The smallest absolute Gasteiger partial charge is 0.310 e. The van der Waals surface area contributed by atoms with Gasteiger partial charge in [-0.15, -0.1) is 0 Å². The third kappa shape index (κ3) is 3.89. The van der Waals surface area contributed by atoms with Gasteiger partial charge < -0.3 is 10.4 Å². The first-order valence-corrected chi connectivity index (χ1v) is 8.62. The maximum Gasteiger partial charge on any atom is 0.310 e. The van der Waals surface area contributed by atoms with Crippen molar-refractivity contribution < 1.29 is 9.90 Å². The van der Waals surface area contributed by atoms with Crippen molar-refractivity contribution in [2.24, 2.45) is 11.3 Å². The molecule has 0 aliphatic heterocycles. The third-order valence-corrected chi connectivity index (χ3v) is 5.51. The van der Waals surface area contributed by atoms with Gasteiger partial charge in [-0.3, -0.25) is 4.79 Å². The van der Waals surface area contributed by atoms with Gasteiger partial charge in [0.05, 0.1) is 5.41 Å².